The maximum absolute atomic E-state index is 14.0. The SMILES string of the molecule is O=C(c1ccccc1F)N(Cc1cccs1)[C@H]1CCS(=O)(=O)C1. The van der Waals surface area contributed by atoms with Gasteiger partial charge >= 0.3 is 0 Å². The van der Waals surface area contributed by atoms with Crippen molar-refractivity contribution >= 4 is 27.1 Å². The van der Waals surface area contributed by atoms with Gasteiger partial charge < -0.3 is 4.90 Å². The van der Waals surface area contributed by atoms with E-state index < -0.39 is 27.6 Å². The number of carbonyl (C=O) groups is 1. The molecule has 7 heteroatoms. The molecule has 0 aliphatic carbocycles. The minimum Gasteiger partial charge on any atom is -0.329 e. The summed E-state index contributed by atoms with van der Waals surface area (Å²) >= 11 is 1.49. The molecular formula is C16H16FNO3S2. The molecule has 1 aliphatic heterocycles. The first-order valence-corrected chi connectivity index (χ1v) is 9.95. The van der Waals surface area contributed by atoms with Crippen LogP contribution in [0, 0.1) is 5.82 Å². The highest BCUT2D eigenvalue weighted by Crippen LogP contribution is 2.24. The Morgan fingerprint density at radius 2 is 2.04 bits per heavy atom. The van der Waals surface area contributed by atoms with Gasteiger partial charge in [-0.05, 0) is 30.0 Å². The Balaban J connectivity index is 1.91. The van der Waals surface area contributed by atoms with Crippen molar-refractivity contribution in [1.82, 2.24) is 4.90 Å². The van der Waals surface area contributed by atoms with Crippen LogP contribution < -0.4 is 0 Å². The summed E-state index contributed by atoms with van der Waals surface area (Å²) in [5.74, 6) is -1.03. The van der Waals surface area contributed by atoms with Crippen molar-refractivity contribution in [2.45, 2.75) is 19.0 Å². The van der Waals surface area contributed by atoms with Crippen molar-refractivity contribution in [3.05, 3.63) is 58.0 Å². The summed E-state index contributed by atoms with van der Waals surface area (Å²) in [5, 5.41) is 1.90. The normalized spacial score (nSPS) is 19.6. The molecule has 2 heterocycles. The number of nitrogens with zero attached hydrogens (tertiary/aromatic N) is 1. The third kappa shape index (κ3) is 3.61. The van der Waals surface area contributed by atoms with Gasteiger partial charge in [0.1, 0.15) is 5.82 Å². The van der Waals surface area contributed by atoms with E-state index in [1.54, 1.807) is 6.07 Å². The lowest BCUT2D eigenvalue weighted by molar-refractivity contribution is 0.0678. The molecule has 0 unspecified atom stereocenters. The van der Waals surface area contributed by atoms with Crippen molar-refractivity contribution < 1.29 is 17.6 Å². The number of hydrogen-bond acceptors (Lipinski definition) is 4. The molecular weight excluding hydrogens is 337 g/mol. The van der Waals surface area contributed by atoms with Crippen LogP contribution in [0.2, 0.25) is 0 Å². The Labute approximate surface area is 138 Å². The van der Waals surface area contributed by atoms with E-state index in [0.717, 1.165) is 4.88 Å². The smallest absolute Gasteiger partial charge is 0.257 e. The fourth-order valence-electron chi connectivity index (χ4n) is 2.75. The van der Waals surface area contributed by atoms with Crippen LogP contribution >= 0.6 is 11.3 Å². The van der Waals surface area contributed by atoms with Gasteiger partial charge in [0.15, 0.2) is 9.84 Å². The third-order valence-corrected chi connectivity index (χ3v) is 6.53. The van der Waals surface area contributed by atoms with Crippen LogP contribution in [0.15, 0.2) is 41.8 Å². The molecule has 0 bridgehead atoms. The highest BCUT2D eigenvalue weighted by Gasteiger charge is 2.35. The van der Waals surface area contributed by atoms with E-state index in [1.165, 1.54) is 34.4 Å². The van der Waals surface area contributed by atoms with Gasteiger partial charge in [-0.3, -0.25) is 4.79 Å². The number of sulfone groups is 1. The van der Waals surface area contributed by atoms with Gasteiger partial charge in [0.25, 0.3) is 5.91 Å². The predicted molar refractivity (Wildman–Crippen MR) is 87.7 cm³/mol. The Morgan fingerprint density at radius 3 is 2.65 bits per heavy atom. The van der Waals surface area contributed by atoms with Crippen molar-refractivity contribution in [1.29, 1.82) is 0 Å². The lowest BCUT2D eigenvalue weighted by Crippen LogP contribution is -2.40. The summed E-state index contributed by atoms with van der Waals surface area (Å²) < 4.78 is 37.5. The Kier molecular flexibility index (Phi) is 4.50. The van der Waals surface area contributed by atoms with Gasteiger partial charge in [-0.25, -0.2) is 12.8 Å². The highest BCUT2D eigenvalue weighted by atomic mass is 32.2. The first-order valence-electron chi connectivity index (χ1n) is 7.24. The molecule has 23 heavy (non-hydrogen) atoms. The zero-order chi connectivity index (χ0) is 16.4. The van der Waals surface area contributed by atoms with E-state index in [9.17, 15) is 17.6 Å². The number of benzene rings is 1. The fourth-order valence-corrected chi connectivity index (χ4v) is 5.18. The summed E-state index contributed by atoms with van der Waals surface area (Å²) in [4.78, 5) is 15.2. The van der Waals surface area contributed by atoms with Crippen LogP contribution in [0.25, 0.3) is 0 Å². The van der Waals surface area contributed by atoms with Crippen LogP contribution in [0.3, 0.4) is 0 Å². The Bertz CT molecular complexity index is 802. The van der Waals surface area contributed by atoms with E-state index in [4.69, 9.17) is 0 Å². The molecule has 1 aliphatic rings. The van der Waals surface area contributed by atoms with Gasteiger partial charge in [0.05, 0.1) is 23.6 Å². The van der Waals surface area contributed by atoms with Gasteiger partial charge in [0.2, 0.25) is 0 Å². The van der Waals surface area contributed by atoms with Crippen LogP contribution in [-0.4, -0.2) is 36.8 Å². The molecule has 3 rings (SSSR count). The topological polar surface area (TPSA) is 54.5 Å². The van der Waals surface area contributed by atoms with E-state index in [1.807, 2.05) is 17.5 Å². The molecule has 122 valence electrons. The molecule has 0 spiro atoms. The van der Waals surface area contributed by atoms with Gasteiger partial charge in [-0.2, -0.15) is 0 Å². The summed E-state index contributed by atoms with van der Waals surface area (Å²) in [7, 11) is -3.13. The van der Waals surface area contributed by atoms with Crippen LogP contribution in [0.5, 0.6) is 0 Å². The zero-order valence-electron chi connectivity index (χ0n) is 12.3. The van der Waals surface area contributed by atoms with Crippen LogP contribution in [0.1, 0.15) is 21.7 Å². The van der Waals surface area contributed by atoms with E-state index in [-0.39, 0.29) is 17.1 Å². The number of carbonyl (C=O) groups excluding carboxylic acids is 1. The summed E-state index contributed by atoms with van der Waals surface area (Å²) in [5.41, 5.74) is -0.0200. The predicted octanol–water partition coefficient (Wildman–Crippen LogP) is 2.72. The van der Waals surface area contributed by atoms with E-state index in [2.05, 4.69) is 0 Å². The molecule has 4 nitrogen and oxygen atoms in total. The molecule has 0 N–H and O–H groups in total. The Hall–Kier alpha value is -1.73. The first kappa shape index (κ1) is 16.1. The second-order valence-corrected chi connectivity index (χ2v) is 8.81. The second-order valence-electron chi connectivity index (χ2n) is 5.55. The van der Waals surface area contributed by atoms with Crippen molar-refractivity contribution in [3.8, 4) is 0 Å². The average molecular weight is 353 g/mol. The summed E-state index contributed by atoms with van der Waals surface area (Å²) in [6.45, 7) is 0.297. The molecule has 1 amide bonds. The highest BCUT2D eigenvalue weighted by molar-refractivity contribution is 7.91. The minimum atomic E-state index is -3.13. The molecule has 0 radical (unpaired) electrons. The maximum Gasteiger partial charge on any atom is 0.257 e. The molecule has 2 aromatic rings. The number of thiophene rings is 1. The van der Waals surface area contributed by atoms with Crippen molar-refractivity contribution in [2.24, 2.45) is 0 Å². The Morgan fingerprint density at radius 1 is 1.26 bits per heavy atom. The molecule has 1 atom stereocenters. The molecule has 1 saturated heterocycles. The van der Waals surface area contributed by atoms with Crippen molar-refractivity contribution in [3.63, 3.8) is 0 Å². The first-order chi connectivity index (χ1) is 11.0. The van der Waals surface area contributed by atoms with E-state index >= 15 is 0 Å². The third-order valence-electron chi connectivity index (χ3n) is 3.92. The average Bonchev–Trinajstić information content (AvgIpc) is 3.14. The monoisotopic (exact) mass is 353 g/mol. The number of rotatable bonds is 4. The largest absolute Gasteiger partial charge is 0.329 e. The zero-order valence-corrected chi connectivity index (χ0v) is 13.9. The van der Waals surface area contributed by atoms with Gasteiger partial charge in [0, 0.05) is 10.9 Å². The van der Waals surface area contributed by atoms with Crippen LogP contribution in [-0.2, 0) is 16.4 Å². The number of halogens is 1. The lowest BCUT2D eigenvalue weighted by atomic mass is 10.1. The lowest BCUT2D eigenvalue weighted by Gasteiger charge is -2.28. The quantitative estimate of drug-likeness (QED) is 0.849. The molecule has 0 saturated carbocycles. The minimum absolute atomic E-state index is 0.0200. The number of hydrogen-bond donors (Lipinski definition) is 0. The molecule has 1 fully saturated rings. The van der Waals surface area contributed by atoms with Gasteiger partial charge in [-0.1, -0.05) is 18.2 Å². The molecule has 1 aromatic carbocycles. The fraction of sp³-hybridized carbons (Fsp3) is 0.312. The molecule has 1 aromatic heterocycles. The van der Waals surface area contributed by atoms with Crippen LogP contribution in [0.4, 0.5) is 4.39 Å². The standard InChI is InChI=1S/C16H16FNO3S2/c17-15-6-2-1-5-14(15)16(19)18(10-13-4-3-8-22-13)12-7-9-23(20,21)11-12/h1-6,8,12H,7,9-11H2/t12-/m0/s1. The summed E-state index contributed by atoms with van der Waals surface area (Å²) in [6.07, 6.45) is 0.397. The van der Waals surface area contributed by atoms with Gasteiger partial charge in [-0.15, -0.1) is 11.3 Å². The van der Waals surface area contributed by atoms with Crippen molar-refractivity contribution in [2.75, 3.05) is 11.5 Å². The summed E-state index contributed by atoms with van der Waals surface area (Å²) in [6, 6.07) is 9.15. The van der Waals surface area contributed by atoms with E-state index in [0.29, 0.717) is 13.0 Å². The number of amides is 1. The maximum atomic E-state index is 14.0. The second kappa shape index (κ2) is 6.41.